The maximum absolute atomic E-state index is 13.4. The molecule has 0 radical (unpaired) electrons. The predicted molar refractivity (Wildman–Crippen MR) is 142 cm³/mol. The van der Waals surface area contributed by atoms with Crippen molar-refractivity contribution < 1.29 is 8.78 Å². The summed E-state index contributed by atoms with van der Waals surface area (Å²) in [5, 5.41) is 11.9. The second-order valence-electron chi connectivity index (χ2n) is 8.44. The number of benzene rings is 3. The smallest absolute Gasteiger partial charge is 0.165 e. The summed E-state index contributed by atoms with van der Waals surface area (Å²) < 4.78 is 28.8. The Labute approximate surface area is 210 Å². The van der Waals surface area contributed by atoms with Crippen molar-refractivity contribution in [3.05, 3.63) is 119 Å². The highest BCUT2D eigenvalue weighted by Crippen LogP contribution is 2.30. The Morgan fingerprint density at radius 3 is 2.50 bits per heavy atom. The molecule has 5 aromatic rings. The van der Waals surface area contributed by atoms with Crippen LogP contribution in [0.3, 0.4) is 0 Å². The molecule has 6 rings (SSSR count). The third kappa shape index (κ3) is 4.43. The number of nitrogens with zero attached hydrogens (tertiary/aromatic N) is 3. The fourth-order valence-electron chi connectivity index (χ4n) is 4.33. The van der Waals surface area contributed by atoms with Gasteiger partial charge in [-0.15, -0.1) is 0 Å². The van der Waals surface area contributed by atoms with Crippen molar-refractivity contribution in [2.75, 3.05) is 0 Å². The molecule has 1 aliphatic heterocycles. The van der Waals surface area contributed by atoms with Gasteiger partial charge in [-0.3, -0.25) is 10.4 Å². The van der Waals surface area contributed by atoms with E-state index in [1.165, 1.54) is 24.3 Å². The molecule has 3 heterocycles. The number of rotatable bonds is 6. The summed E-state index contributed by atoms with van der Waals surface area (Å²) >= 11 is 1.56. The zero-order chi connectivity index (χ0) is 24.5. The van der Waals surface area contributed by atoms with E-state index >= 15 is 0 Å². The lowest BCUT2D eigenvalue weighted by atomic mass is 10.2. The molecule has 1 atom stereocenters. The van der Waals surface area contributed by atoms with Crippen LogP contribution in [-0.4, -0.2) is 21.3 Å². The maximum atomic E-state index is 13.4. The van der Waals surface area contributed by atoms with E-state index < -0.39 is 0 Å². The average molecular weight is 498 g/mol. The van der Waals surface area contributed by atoms with Gasteiger partial charge < -0.3 is 9.88 Å². The highest BCUT2D eigenvalue weighted by atomic mass is 32.2. The minimum atomic E-state index is -0.257. The van der Waals surface area contributed by atoms with Crippen LogP contribution in [0, 0.1) is 11.6 Å². The van der Waals surface area contributed by atoms with Crippen molar-refractivity contribution in [3.8, 4) is 0 Å². The molecule has 2 N–H and O–H groups in total. The minimum Gasteiger partial charge on any atom is -0.355 e. The number of para-hydroxylation sites is 1. The van der Waals surface area contributed by atoms with E-state index in [4.69, 9.17) is 0 Å². The molecule has 1 aliphatic rings. The minimum absolute atomic E-state index is 0.136. The molecular formula is C28H21F2N5S. The lowest BCUT2D eigenvalue weighted by Gasteiger charge is -2.12. The number of hydrogen-bond acceptors (Lipinski definition) is 5. The molecule has 2 aromatic heterocycles. The zero-order valence-electron chi connectivity index (χ0n) is 19.0. The van der Waals surface area contributed by atoms with Crippen molar-refractivity contribution in [1.29, 1.82) is 0 Å². The Kier molecular flexibility index (Phi) is 5.87. The molecule has 0 spiro atoms. The van der Waals surface area contributed by atoms with Gasteiger partial charge in [0.25, 0.3) is 0 Å². The number of thioether (sulfide) groups is 1. The van der Waals surface area contributed by atoms with E-state index in [9.17, 15) is 8.78 Å². The van der Waals surface area contributed by atoms with Crippen molar-refractivity contribution in [2.24, 2.45) is 5.10 Å². The zero-order valence-corrected chi connectivity index (χ0v) is 19.8. The van der Waals surface area contributed by atoms with Gasteiger partial charge in [0.2, 0.25) is 0 Å². The molecule has 0 aliphatic carbocycles. The summed E-state index contributed by atoms with van der Waals surface area (Å²) in [6, 6.07) is 23.2. The Morgan fingerprint density at radius 2 is 1.69 bits per heavy atom. The molecule has 178 valence electrons. The highest BCUT2D eigenvalue weighted by molar-refractivity contribution is 8.03. The molecule has 36 heavy (non-hydrogen) atoms. The first-order valence-corrected chi connectivity index (χ1v) is 12.4. The van der Waals surface area contributed by atoms with Crippen LogP contribution in [-0.2, 0) is 6.54 Å². The summed E-state index contributed by atoms with van der Waals surface area (Å²) in [5.41, 5.74) is 8.64. The van der Waals surface area contributed by atoms with Gasteiger partial charge in [-0.05, 0) is 65.1 Å². The molecule has 1 unspecified atom stereocenters. The Bertz CT molecular complexity index is 1610. The van der Waals surface area contributed by atoms with E-state index in [0.717, 1.165) is 44.3 Å². The predicted octanol–water partition coefficient (Wildman–Crippen LogP) is 6.06. The Morgan fingerprint density at radius 1 is 0.944 bits per heavy atom. The molecule has 0 amide bonds. The summed E-state index contributed by atoms with van der Waals surface area (Å²) in [7, 11) is 0. The number of pyridine rings is 1. The van der Waals surface area contributed by atoms with Gasteiger partial charge in [-0.1, -0.05) is 42.1 Å². The third-order valence-corrected chi connectivity index (χ3v) is 6.95. The largest absolute Gasteiger partial charge is 0.355 e. The number of fused-ring (bicyclic) bond motifs is 3. The van der Waals surface area contributed by atoms with Gasteiger partial charge in [-0.2, -0.15) is 5.10 Å². The van der Waals surface area contributed by atoms with Crippen LogP contribution in [0.15, 0.2) is 95.6 Å². The van der Waals surface area contributed by atoms with Crippen LogP contribution in [0.2, 0.25) is 0 Å². The fraction of sp³-hybridized carbons (Fsp3) is 0.0714. The Balaban J connectivity index is 1.21. The van der Waals surface area contributed by atoms with Crippen molar-refractivity contribution in [3.63, 3.8) is 0 Å². The summed E-state index contributed by atoms with van der Waals surface area (Å²) in [4.78, 5) is 4.61. The topological polar surface area (TPSA) is 54.2 Å². The number of nitrogens with one attached hydrogen (secondary N) is 2. The van der Waals surface area contributed by atoms with Gasteiger partial charge in [0.15, 0.2) is 5.50 Å². The molecule has 0 fully saturated rings. The normalized spacial score (nSPS) is 15.5. The first kappa shape index (κ1) is 22.3. The maximum Gasteiger partial charge on any atom is 0.165 e. The van der Waals surface area contributed by atoms with Crippen molar-refractivity contribution in [1.82, 2.24) is 20.3 Å². The standard InChI is InChI=1S/C28H21F2N5S/c29-20-9-5-18(6-10-20)16-35-26-4-2-1-3-23(26)24-13-22(31-15-27(24)35)14-32-34-28-33-25(17-36-28)19-7-11-21(30)12-8-19/h1-15,17,28,33-34H,16H2/b32-14+. The van der Waals surface area contributed by atoms with Crippen LogP contribution in [0.25, 0.3) is 27.5 Å². The van der Waals surface area contributed by atoms with Crippen molar-refractivity contribution >= 4 is 45.5 Å². The molecule has 8 heteroatoms. The van der Waals surface area contributed by atoms with Crippen LogP contribution in [0.5, 0.6) is 0 Å². The first-order chi connectivity index (χ1) is 17.6. The van der Waals surface area contributed by atoms with Crippen LogP contribution >= 0.6 is 11.8 Å². The van der Waals surface area contributed by atoms with Crippen LogP contribution < -0.4 is 10.7 Å². The lowest BCUT2D eigenvalue weighted by molar-refractivity contribution is 0.626. The molecule has 0 saturated carbocycles. The van der Waals surface area contributed by atoms with E-state index in [1.54, 1.807) is 30.1 Å². The SMILES string of the molecule is Fc1ccc(Cn2c3ccccc3c3cc(/C=N/NC4NC(c5ccc(F)cc5)=CS4)ncc32)cc1. The third-order valence-electron chi connectivity index (χ3n) is 6.09. The van der Waals surface area contributed by atoms with Gasteiger partial charge in [-0.25, -0.2) is 8.78 Å². The molecule has 5 nitrogen and oxygen atoms in total. The Hall–Kier alpha value is -4.17. The number of halogens is 2. The van der Waals surface area contributed by atoms with Gasteiger partial charge >= 0.3 is 0 Å². The van der Waals surface area contributed by atoms with Gasteiger partial charge in [0, 0.05) is 22.8 Å². The quantitative estimate of drug-likeness (QED) is 0.221. The fourth-order valence-corrected chi connectivity index (χ4v) is 5.13. The van der Waals surface area contributed by atoms with E-state index in [2.05, 4.69) is 37.5 Å². The van der Waals surface area contributed by atoms with E-state index in [0.29, 0.717) is 6.54 Å². The number of aromatic nitrogens is 2. The van der Waals surface area contributed by atoms with Crippen molar-refractivity contribution in [2.45, 2.75) is 12.0 Å². The molecule has 0 saturated heterocycles. The van der Waals surface area contributed by atoms with Crippen LogP contribution in [0.1, 0.15) is 16.8 Å². The summed E-state index contributed by atoms with van der Waals surface area (Å²) in [6.07, 6.45) is 3.56. The molecular weight excluding hydrogens is 476 g/mol. The number of hydrazone groups is 1. The van der Waals surface area contributed by atoms with Gasteiger partial charge in [0.1, 0.15) is 11.6 Å². The van der Waals surface area contributed by atoms with E-state index in [-0.39, 0.29) is 17.1 Å². The van der Waals surface area contributed by atoms with Gasteiger partial charge in [0.05, 0.1) is 29.3 Å². The van der Waals surface area contributed by atoms with E-state index in [1.807, 2.05) is 41.9 Å². The summed E-state index contributed by atoms with van der Waals surface area (Å²) in [6.45, 7) is 0.620. The molecule has 3 aromatic carbocycles. The molecule has 0 bridgehead atoms. The number of hydrogen-bond donors (Lipinski definition) is 2. The second kappa shape index (κ2) is 9.47. The highest BCUT2D eigenvalue weighted by Gasteiger charge is 2.17. The average Bonchev–Trinajstić information content (AvgIpc) is 3.49. The lowest BCUT2D eigenvalue weighted by Crippen LogP contribution is -2.31. The first-order valence-electron chi connectivity index (χ1n) is 11.4. The monoisotopic (exact) mass is 497 g/mol. The van der Waals surface area contributed by atoms with Crippen LogP contribution in [0.4, 0.5) is 8.78 Å². The summed E-state index contributed by atoms with van der Waals surface area (Å²) in [5.74, 6) is -0.499. The second-order valence-corrected chi connectivity index (χ2v) is 9.42.